The van der Waals surface area contributed by atoms with Crippen LogP contribution < -0.4 is 5.32 Å². The van der Waals surface area contributed by atoms with Gasteiger partial charge in [-0.05, 0) is 25.8 Å². The zero-order chi connectivity index (χ0) is 9.26. The second-order valence-electron chi connectivity index (χ2n) is 3.83. The fraction of sp³-hybridized carbons (Fsp3) is 0.700. The molecule has 0 saturated carbocycles. The van der Waals surface area contributed by atoms with Gasteiger partial charge in [-0.25, -0.2) is 0 Å². The minimum absolute atomic E-state index is 0.528. The van der Waals surface area contributed by atoms with Crippen LogP contribution in [0.25, 0.3) is 0 Å². The molecule has 1 fully saturated rings. The minimum Gasteiger partial charge on any atom is -0.310 e. The van der Waals surface area contributed by atoms with Crippen molar-refractivity contribution in [1.82, 2.24) is 15.1 Å². The van der Waals surface area contributed by atoms with Crippen molar-refractivity contribution in [3.8, 4) is 0 Å². The van der Waals surface area contributed by atoms with Crippen LogP contribution in [-0.4, -0.2) is 16.3 Å². The van der Waals surface area contributed by atoms with Crippen molar-refractivity contribution < 1.29 is 0 Å². The third-order valence-corrected chi connectivity index (χ3v) is 2.87. The summed E-state index contributed by atoms with van der Waals surface area (Å²) >= 11 is 0. The summed E-state index contributed by atoms with van der Waals surface area (Å²) in [7, 11) is 0. The lowest BCUT2D eigenvalue weighted by atomic mass is 9.99. The molecule has 72 valence electrons. The van der Waals surface area contributed by atoms with E-state index in [0.29, 0.717) is 6.04 Å². The first-order valence-corrected chi connectivity index (χ1v) is 5.07. The molecule has 2 heterocycles. The number of aromatic nitrogens is 2. The maximum absolute atomic E-state index is 4.29. The highest BCUT2D eigenvalue weighted by atomic mass is 15.3. The quantitative estimate of drug-likeness (QED) is 0.747. The number of nitrogens with one attached hydrogen (secondary N) is 1. The molecule has 1 aliphatic rings. The SMILES string of the molecule is CCn1cc(C2NCCC2C)cn1. The van der Waals surface area contributed by atoms with E-state index < -0.39 is 0 Å². The summed E-state index contributed by atoms with van der Waals surface area (Å²) in [6.07, 6.45) is 5.42. The lowest BCUT2D eigenvalue weighted by Crippen LogP contribution is -2.15. The van der Waals surface area contributed by atoms with E-state index in [0.717, 1.165) is 19.0 Å². The molecule has 2 atom stereocenters. The highest BCUT2D eigenvalue weighted by Gasteiger charge is 2.24. The summed E-state index contributed by atoms with van der Waals surface area (Å²) in [6.45, 7) is 6.51. The molecule has 3 nitrogen and oxygen atoms in total. The van der Waals surface area contributed by atoms with Crippen LogP contribution in [0.15, 0.2) is 12.4 Å². The number of rotatable bonds is 2. The smallest absolute Gasteiger partial charge is 0.0537 e. The highest BCUT2D eigenvalue weighted by Crippen LogP contribution is 2.28. The van der Waals surface area contributed by atoms with E-state index in [1.165, 1.54) is 12.0 Å². The summed E-state index contributed by atoms with van der Waals surface area (Å²) in [5, 5.41) is 7.80. The summed E-state index contributed by atoms with van der Waals surface area (Å²) < 4.78 is 1.99. The van der Waals surface area contributed by atoms with E-state index in [4.69, 9.17) is 0 Å². The van der Waals surface area contributed by atoms with Gasteiger partial charge < -0.3 is 5.32 Å². The van der Waals surface area contributed by atoms with Crippen LogP contribution in [0, 0.1) is 5.92 Å². The van der Waals surface area contributed by atoms with Gasteiger partial charge in [-0.15, -0.1) is 0 Å². The van der Waals surface area contributed by atoms with Crippen LogP contribution in [0.2, 0.25) is 0 Å². The zero-order valence-corrected chi connectivity index (χ0v) is 8.33. The number of nitrogens with zero attached hydrogens (tertiary/aromatic N) is 2. The van der Waals surface area contributed by atoms with Crippen molar-refractivity contribution in [3.63, 3.8) is 0 Å². The Labute approximate surface area is 79.1 Å². The van der Waals surface area contributed by atoms with E-state index in [1.807, 2.05) is 10.9 Å². The van der Waals surface area contributed by atoms with Gasteiger partial charge in [0.1, 0.15) is 0 Å². The van der Waals surface area contributed by atoms with Crippen molar-refractivity contribution >= 4 is 0 Å². The molecular formula is C10H17N3. The Bertz CT molecular complexity index is 279. The molecular weight excluding hydrogens is 162 g/mol. The van der Waals surface area contributed by atoms with E-state index in [1.54, 1.807) is 0 Å². The van der Waals surface area contributed by atoms with E-state index in [2.05, 4.69) is 30.5 Å². The van der Waals surface area contributed by atoms with Crippen LogP contribution in [0.3, 0.4) is 0 Å². The van der Waals surface area contributed by atoms with Crippen LogP contribution in [0.5, 0.6) is 0 Å². The molecule has 1 aliphatic heterocycles. The van der Waals surface area contributed by atoms with Gasteiger partial charge in [0.05, 0.1) is 6.20 Å². The predicted octanol–water partition coefficient (Wildman–Crippen LogP) is 1.57. The Morgan fingerprint density at radius 1 is 1.69 bits per heavy atom. The Balaban J connectivity index is 2.15. The molecule has 0 aromatic carbocycles. The molecule has 0 spiro atoms. The van der Waals surface area contributed by atoms with Crippen LogP contribution in [-0.2, 0) is 6.54 Å². The standard InChI is InChI=1S/C10H17N3/c1-3-13-7-9(6-12-13)10-8(2)4-5-11-10/h6-8,10-11H,3-5H2,1-2H3. The van der Waals surface area contributed by atoms with Crippen LogP contribution in [0.4, 0.5) is 0 Å². The molecule has 1 N–H and O–H groups in total. The first-order chi connectivity index (χ1) is 6.31. The topological polar surface area (TPSA) is 29.9 Å². The zero-order valence-electron chi connectivity index (χ0n) is 8.33. The van der Waals surface area contributed by atoms with Gasteiger partial charge in [0.15, 0.2) is 0 Å². The molecule has 1 aromatic rings. The third kappa shape index (κ3) is 1.61. The van der Waals surface area contributed by atoms with Gasteiger partial charge in [-0.2, -0.15) is 5.10 Å². The maximum Gasteiger partial charge on any atom is 0.0537 e. The van der Waals surface area contributed by atoms with Gasteiger partial charge in [0.2, 0.25) is 0 Å². The fourth-order valence-corrected chi connectivity index (χ4v) is 1.99. The van der Waals surface area contributed by atoms with Gasteiger partial charge >= 0.3 is 0 Å². The van der Waals surface area contributed by atoms with E-state index >= 15 is 0 Å². The molecule has 1 aromatic heterocycles. The molecule has 0 bridgehead atoms. The second-order valence-corrected chi connectivity index (χ2v) is 3.83. The predicted molar refractivity (Wildman–Crippen MR) is 52.4 cm³/mol. The average molecular weight is 179 g/mol. The molecule has 0 amide bonds. The molecule has 2 rings (SSSR count). The van der Waals surface area contributed by atoms with Crippen molar-refractivity contribution in [2.24, 2.45) is 5.92 Å². The molecule has 0 aliphatic carbocycles. The number of hydrogen-bond donors (Lipinski definition) is 1. The minimum atomic E-state index is 0.528. The molecule has 0 radical (unpaired) electrons. The Morgan fingerprint density at radius 3 is 3.08 bits per heavy atom. The average Bonchev–Trinajstić information content (AvgIpc) is 2.71. The fourth-order valence-electron chi connectivity index (χ4n) is 1.99. The lowest BCUT2D eigenvalue weighted by molar-refractivity contribution is 0.503. The molecule has 2 unspecified atom stereocenters. The van der Waals surface area contributed by atoms with Crippen molar-refractivity contribution in [3.05, 3.63) is 18.0 Å². The molecule has 13 heavy (non-hydrogen) atoms. The Morgan fingerprint density at radius 2 is 2.54 bits per heavy atom. The van der Waals surface area contributed by atoms with Crippen molar-refractivity contribution in [1.29, 1.82) is 0 Å². The largest absolute Gasteiger partial charge is 0.310 e. The summed E-state index contributed by atoms with van der Waals surface area (Å²) in [4.78, 5) is 0. The van der Waals surface area contributed by atoms with E-state index in [9.17, 15) is 0 Å². The van der Waals surface area contributed by atoms with Crippen molar-refractivity contribution in [2.75, 3.05) is 6.54 Å². The number of hydrogen-bond acceptors (Lipinski definition) is 2. The second kappa shape index (κ2) is 3.50. The monoisotopic (exact) mass is 179 g/mol. The normalized spacial score (nSPS) is 28.2. The van der Waals surface area contributed by atoms with Crippen LogP contribution in [0.1, 0.15) is 31.9 Å². The summed E-state index contributed by atoms with van der Waals surface area (Å²) in [5.41, 5.74) is 1.34. The molecule has 1 saturated heterocycles. The highest BCUT2D eigenvalue weighted by molar-refractivity contribution is 5.13. The third-order valence-electron chi connectivity index (χ3n) is 2.87. The van der Waals surface area contributed by atoms with Crippen molar-refractivity contribution in [2.45, 2.75) is 32.9 Å². The maximum atomic E-state index is 4.29. The van der Waals surface area contributed by atoms with Gasteiger partial charge in [-0.3, -0.25) is 4.68 Å². The van der Waals surface area contributed by atoms with Gasteiger partial charge in [-0.1, -0.05) is 6.92 Å². The Kier molecular flexibility index (Phi) is 2.36. The summed E-state index contributed by atoms with van der Waals surface area (Å²) in [6, 6.07) is 0.528. The summed E-state index contributed by atoms with van der Waals surface area (Å²) in [5.74, 6) is 0.745. The van der Waals surface area contributed by atoms with Gasteiger partial charge in [0, 0.05) is 24.3 Å². The Hall–Kier alpha value is -0.830. The lowest BCUT2D eigenvalue weighted by Gasteiger charge is -2.12. The van der Waals surface area contributed by atoms with E-state index in [-0.39, 0.29) is 0 Å². The first kappa shape index (κ1) is 8.75. The first-order valence-electron chi connectivity index (χ1n) is 5.07. The van der Waals surface area contributed by atoms with Gasteiger partial charge in [0.25, 0.3) is 0 Å². The number of aryl methyl sites for hydroxylation is 1. The van der Waals surface area contributed by atoms with Crippen LogP contribution >= 0.6 is 0 Å². The molecule has 3 heteroatoms.